The van der Waals surface area contributed by atoms with Crippen LogP contribution in [0.3, 0.4) is 0 Å². The molecule has 31 heavy (non-hydrogen) atoms. The number of ether oxygens (including phenoxy) is 3. The van der Waals surface area contributed by atoms with Gasteiger partial charge < -0.3 is 19.3 Å². The summed E-state index contributed by atoms with van der Waals surface area (Å²) in [5.74, 6) is -0.145. The van der Waals surface area contributed by atoms with Gasteiger partial charge in [0.15, 0.2) is 11.5 Å². The number of carbonyl (C=O) groups is 1. The number of para-hydroxylation sites is 1. The zero-order chi connectivity index (χ0) is 20.9. The summed E-state index contributed by atoms with van der Waals surface area (Å²) >= 11 is 0. The third kappa shape index (κ3) is 4.05. The number of alkyl halides is 2. The van der Waals surface area contributed by atoms with Crippen LogP contribution in [0.4, 0.5) is 8.78 Å². The van der Waals surface area contributed by atoms with Gasteiger partial charge in [0.25, 0.3) is 0 Å². The van der Waals surface area contributed by atoms with Gasteiger partial charge in [-0.1, -0.05) is 24.3 Å². The summed E-state index contributed by atoms with van der Waals surface area (Å²) < 4.78 is 42.4. The number of piperidine rings is 1. The number of halogens is 3. The molecular formula is C22H20ClF2NO5. The van der Waals surface area contributed by atoms with Crippen LogP contribution in [0.1, 0.15) is 24.0 Å². The van der Waals surface area contributed by atoms with Gasteiger partial charge in [0, 0.05) is 31.5 Å². The molecule has 0 aliphatic carbocycles. The molecule has 164 valence electrons. The first kappa shape index (κ1) is 21.4. The molecular weight excluding hydrogens is 432 g/mol. The maximum atomic E-state index is 13.4. The molecule has 3 aliphatic heterocycles. The van der Waals surface area contributed by atoms with E-state index in [4.69, 9.17) is 9.84 Å². The maximum absolute atomic E-state index is 13.4. The van der Waals surface area contributed by atoms with Crippen LogP contribution in [0.5, 0.6) is 17.2 Å². The van der Waals surface area contributed by atoms with Gasteiger partial charge in [0.1, 0.15) is 11.4 Å². The number of carboxylic acid groups (broad SMARTS) is 1. The van der Waals surface area contributed by atoms with Crippen molar-refractivity contribution < 1.29 is 32.9 Å². The average molecular weight is 452 g/mol. The molecule has 0 saturated carbocycles. The van der Waals surface area contributed by atoms with E-state index in [0.717, 1.165) is 16.7 Å². The normalized spacial score (nSPS) is 20.3. The Kier molecular flexibility index (Phi) is 5.31. The molecule has 0 bridgehead atoms. The first-order valence-electron chi connectivity index (χ1n) is 9.68. The third-order valence-electron chi connectivity index (χ3n) is 5.67. The predicted octanol–water partition coefficient (Wildman–Crippen LogP) is 4.17. The molecule has 3 heterocycles. The number of aliphatic carboxylic acids is 1. The Balaban J connectivity index is 0.00000231. The Morgan fingerprint density at radius 2 is 1.71 bits per heavy atom. The smallest absolute Gasteiger partial charge is 0.482 e. The summed E-state index contributed by atoms with van der Waals surface area (Å²) in [5, 5.41) is 9.04. The summed E-state index contributed by atoms with van der Waals surface area (Å²) in [5.41, 5.74) is 1.86. The summed E-state index contributed by atoms with van der Waals surface area (Å²) in [7, 11) is 0. The van der Waals surface area contributed by atoms with E-state index in [9.17, 15) is 13.6 Å². The number of likely N-dealkylation sites (tertiary alicyclic amines) is 1. The minimum atomic E-state index is -3.67. The number of rotatable bonds is 3. The molecule has 0 radical (unpaired) electrons. The standard InChI is InChI=1S/C22H19F2NO5.ClH/c23-22(24)29-18-6-5-14(11-19(18)30-22)16-12-21(28-17-4-2-1-3-15(16)17)7-9-25(10-8-21)13-20(26)27;/h1-6,11-12H,7-10,13H2,(H,26,27);1H. The van der Waals surface area contributed by atoms with Crippen molar-refractivity contribution in [3.63, 3.8) is 0 Å². The lowest BCUT2D eigenvalue weighted by atomic mass is 9.83. The van der Waals surface area contributed by atoms with E-state index in [2.05, 4.69) is 9.47 Å². The molecule has 0 aromatic heterocycles. The Morgan fingerprint density at radius 3 is 2.45 bits per heavy atom. The van der Waals surface area contributed by atoms with E-state index in [1.165, 1.54) is 6.07 Å². The number of fused-ring (bicyclic) bond motifs is 2. The molecule has 5 rings (SSSR count). The van der Waals surface area contributed by atoms with Gasteiger partial charge in [0.2, 0.25) is 0 Å². The second kappa shape index (κ2) is 7.69. The van der Waals surface area contributed by atoms with Crippen molar-refractivity contribution in [1.82, 2.24) is 4.90 Å². The molecule has 0 atom stereocenters. The van der Waals surface area contributed by atoms with E-state index in [-0.39, 0.29) is 30.5 Å². The van der Waals surface area contributed by atoms with E-state index in [1.54, 1.807) is 12.1 Å². The fourth-order valence-electron chi connectivity index (χ4n) is 4.25. The van der Waals surface area contributed by atoms with Crippen LogP contribution < -0.4 is 14.2 Å². The fourth-order valence-corrected chi connectivity index (χ4v) is 4.25. The van der Waals surface area contributed by atoms with Crippen molar-refractivity contribution >= 4 is 23.9 Å². The molecule has 9 heteroatoms. The van der Waals surface area contributed by atoms with Crippen molar-refractivity contribution in [3.05, 3.63) is 59.7 Å². The van der Waals surface area contributed by atoms with Gasteiger partial charge in [-0.05, 0) is 35.4 Å². The predicted molar refractivity (Wildman–Crippen MR) is 110 cm³/mol. The highest BCUT2D eigenvalue weighted by Gasteiger charge is 2.44. The number of carboxylic acids is 1. The molecule has 2 aromatic carbocycles. The largest absolute Gasteiger partial charge is 0.586 e. The van der Waals surface area contributed by atoms with Crippen LogP contribution in [0, 0.1) is 0 Å². The first-order valence-corrected chi connectivity index (χ1v) is 9.68. The molecule has 6 nitrogen and oxygen atoms in total. The second-order valence-electron chi connectivity index (χ2n) is 7.72. The van der Waals surface area contributed by atoms with E-state index < -0.39 is 17.9 Å². The average Bonchev–Trinajstić information content (AvgIpc) is 3.02. The molecule has 0 amide bonds. The van der Waals surface area contributed by atoms with Crippen LogP contribution in [-0.2, 0) is 4.79 Å². The highest BCUT2D eigenvalue weighted by Crippen LogP contribution is 2.47. The Labute approximate surface area is 183 Å². The number of hydrogen-bond donors (Lipinski definition) is 1. The summed E-state index contributed by atoms with van der Waals surface area (Å²) in [4.78, 5) is 12.9. The number of nitrogens with zero attached hydrogens (tertiary/aromatic N) is 1. The molecule has 0 unspecified atom stereocenters. The van der Waals surface area contributed by atoms with Crippen molar-refractivity contribution in [2.75, 3.05) is 19.6 Å². The highest BCUT2D eigenvalue weighted by molar-refractivity contribution is 5.86. The van der Waals surface area contributed by atoms with Crippen molar-refractivity contribution in [3.8, 4) is 17.2 Å². The van der Waals surface area contributed by atoms with Gasteiger partial charge in [-0.15, -0.1) is 21.2 Å². The Bertz CT molecular complexity index is 1050. The molecule has 1 spiro atoms. The molecule has 3 aliphatic rings. The summed E-state index contributed by atoms with van der Waals surface area (Å²) in [6.45, 7) is 1.18. The fraction of sp³-hybridized carbons (Fsp3) is 0.318. The third-order valence-corrected chi connectivity index (χ3v) is 5.67. The molecule has 1 N–H and O–H groups in total. The maximum Gasteiger partial charge on any atom is 0.586 e. The Hall–Kier alpha value is -2.84. The van der Waals surface area contributed by atoms with Crippen LogP contribution in [0.25, 0.3) is 5.57 Å². The quantitative estimate of drug-likeness (QED) is 0.755. The minimum Gasteiger partial charge on any atom is -0.482 e. The monoisotopic (exact) mass is 451 g/mol. The van der Waals surface area contributed by atoms with E-state index in [1.807, 2.05) is 35.2 Å². The first-order chi connectivity index (χ1) is 14.3. The van der Waals surface area contributed by atoms with Crippen LogP contribution in [0.15, 0.2) is 48.5 Å². The topological polar surface area (TPSA) is 68.2 Å². The zero-order valence-corrected chi connectivity index (χ0v) is 17.2. The van der Waals surface area contributed by atoms with Crippen LogP contribution >= 0.6 is 12.4 Å². The molecule has 1 fully saturated rings. The van der Waals surface area contributed by atoms with Crippen molar-refractivity contribution in [1.29, 1.82) is 0 Å². The molecule has 2 aromatic rings. The lowest BCUT2D eigenvalue weighted by Crippen LogP contribution is -2.49. The van der Waals surface area contributed by atoms with Gasteiger partial charge in [-0.2, -0.15) is 0 Å². The zero-order valence-electron chi connectivity index (χ0n) is 16.3. The summed E-state index contributed by atoms with van der Waals surface area (Å²) in [6.07, 6.45) is -0.383. The van der Waals surface area contributed by atoms with E-state index >= 15 is 0 Å². The second-order valence-corrected chi connectivity index (χ2v) is 7.72. The SMILES string of the molecule is Cl.O=C(O)CN1CCC2(C=C(c3ccc4c(c3)OC(F)(F)O4)c3ccccc3O2)CC1. The number of benzene rings is 2. The van der Waals surface area contributed by atoms with Crippen LogP contribution in [-0.4, -0.2) is 47.5 Å². The lowest BCUT2D eigenvalue weighted by Gasteiger charge is -2.42. The van der Waals surface area contributed by atoms with Gasteiger partial charge in [0.05, 0.1) is 6.54 Å². The van der Waals surface area contributed by atoms with Crippen molar-refractivity contribution in [2.24, 2.45) is 0 Å². The summed E-state index contributed by atoms with van der Waals surface area (Å²) in [6, 6.07) is 12.3. The lowest BCUT2D eigenvalue weighted by molar-refractivity contribution is -0.286. The van der Waals surface area contributed by atoms with Gasteiger partial charge >= 0.3 is 12.3 Å². The number of hydrogen-bond acceptors (Lipinski definition) is 5. The highest BCUT2D eigenvalue weighted by atomic mass is 35.5. The van der Waals surface area contributed by atoms with E-state index in [0.29, 0.717) is 31.7 Å². The van der Waals surface area contributed by atoms with Crippen molar-refractivity contribution in [2.45, 2.75) is 24.7 Å². The van der Waals surface area contributed by atoms with Gasteiger partial charge in [-0.3, -0.25) is 9.69 Å². The van der Waals surface area contributed by atoms with Gasteiger partial charge in [-0.25, -0.2) is 0 Å². The molecule has 1 saturated heterocycles. The Morgan fingerprint density at radius 1 is 1.00 bits per heavy atom. The van der Waals surface area contributed by atoms with Crippen LogP contribution in [0.2, 0.25) is 0 Å². The minimum absolute atomic E-state index is 0.